The second-order valence-electron chi connectivity index (χ2n) is 16.5. The molecule has 0 radical (unpaired) electrons. The Kier molecular flexibility index (Phi) is 10.5. The number of nitrogens with zero attached hydrogens (tertiary/aromatic N) is 8. The number of ether oxygens (including phenoxy) is 2. The van der Waals surface area contributed by atoms with E-state index in [1.807, 2.05) is 12.1 Å². The zero-order valence-electron chi connectivity index (χ0n) is 34.2. The molecule has 5 aromatic rings. The number of imide groups is 1. The summed E-state index contributed by atoms with van der Waals surface area (Å²) in [6.07, 6.45) is 5.39. The van der Waals surface area contributed by atoms with Crippen LogP contribution in [0.25, 0.3) is 21.8 Å². The predicted molar refractivity (Wildman–Crippen MR) is 223 cm³/mol. The van der Waals surface area contributed by atoms with Gasteiger partial charge in [-0.05, 0) is 86.1 Å². The zero-order valence-corrected chi connectivity index (χ0v) is 35.0. The molecule has 3 aliphatic heterocycles. The summed E-state index contributed by atoms with van der Waals surface area (Å²) in [4.78, 5) is 46.5. The molecular weight excluding hydrogens is 827 g/mol. The number of halogens is 2. The number of aromatic nitrogens is 4. The van der Waals surface area contributed by atoms with Gasteiger partial charge in [0.15, 0.2) is 17.4 Å². The van der Waals surface area contributed by atoms with Crippen LogP contribution in [-0.2, 0) is 26.8 Å². The van der Waals surface area contributed by atoms with Crippen LogP contribution in [0.2, 0.25) is 0 Å². The van der Waals surface area contributed by atoms with Crippen molar-refractivity contribution >= 4 is 55.5 Å². The summed E-state index contributed by atoms with van der Waals surface area (Å²) < 4.78 is 75.0. The number of amides is 3. The monoisotopic (exact) mass is 870 g/mol. The molecule has 324 valence electrons. The molecule has 1 atom stereocenters. The number of carbonyl (C=O) groups excluding carboxylic acids is 2. The molecule has 0 bridgehead atoms. The fourth-order valence-electron chi connectivity index (χ4n) is 9.13. The van der Waals surface area contributed by atoms with Gasteiger partial charge in [0.2, 0.25) is 5.91 Å². The van der Waals surface area contributed by atoms with Crippen LogP contribution in [0.1, 0.15) is 68.5 Å². The third-order valence-corrected chi connectivity index (χ3v) is 14.5. The highest BCUT2D eigenvalue weighted by Gasteiger charge is 2.46. The number of urea groups is 1. The van der Waals surface area contributed by atoms with Crippen molar-refractivity contribution in [3.8, 4) is 17.6 Å². The standard InChI is InChI=1S/C42H44F2N10O7S/c1-4-50(2)62(58,59)49-35-8-6-32(43)38(31(35)21-45)61-27-5-7-34-29(17-27)40(56)54(23-46-34)26-20-42(60-22-26)10-13-52(14-11-42)25-15-24(16-25)28-19-36-30(18-33(28)44)39(48-51(36)3)53-12-9-37(55)47-41(53)57/h5-8,17-19,23-26,49H,4,9-16,20,22H2,1-3H3,(H,47,55,57)/t24?,25?,26-/m1/s1. The number of piperidine rings is 1. The lowest BCUT2D eigenvalue weighted by atomic mass is 9.73. The Morgan fingerprint density at radius 1 is 1.05 bits per heavy atom. The molecule has 0 unspecified atom stereocenters. The van der Waals surface area contributed by atoms with E-state index in [9.17, 15) is 28.1 Å². The minimum atomic E-state index is -4.03. The Balaban J connectivity index is 0.845. The Morgan fingerprint density at radius 2 is 1.82 bits per heavy atom. The second kappa shape index (κ2) is 15.7. The maximum absolute atomic E-state index is 15.7. The van der Waals surface area contributed by atoms with Gasteiger partial charge in [0.1, 0.15) is 23.2 Å². The fraction of sp³-hybridized carbons (Fsp3) is 0.429. The van der Waals surface area contributed by atoms with Crippen molar-refractivity contribution in [3.63, 3.8) is 0 Å². The van der Waals surface area contributed by atoms with E-state index in [-0.39, 0.29) is 77.2 Å². The van der Waals surface area contributed by atoms with Gasteiger partial charge in [0.25, 0.3) is 5.56 Å². The van der Waals surface area contributed by atoms with Crippen LogP contribution in [0, 0.1) is 23.0 Å². The van der Waals surface area contributed by atoms with Crippen LogP contribution in [-0.4, -0.2) is 100 Å². The van der Waals surface area contributed by atoms with E-state index in [0.29, 0.717) is 40.8 Å². The summed E-state index contributed by atoms with van der Waals surface area (Å²) in [5.41, 5.74) is 0.443. The minimum Gasteiger partial charge on any atom is -0.453 e. The minimum absolute atomic E-state index is 0.0334. The predicted octanol–water partition coefficient (Wildman–Crippen LogP) is 5.02. The number of hydrogen-bond donors (Lipinski definition) is 2. The molecule has 4 aliphatic rings. The average Bonchev–Trinajstić information content (AvgIpc) is 3.78. The molecule has 1 aliphatic carbocycles. The summed E-state index contributed by atoms with van der Waals surface area (Å²) in [5, 5.41) is 17.4. The summed E-state index contributed by atoms with van der Waals surface area (Å²) in [7, 11) is -0.911. The van der Waals surface area contributed by atoms with Gasteiger partial charge >= 0.3 is 16.2 Å². The number of hydrogen-bond acceptors (Lipinski definition) is 11. The van der Waals surface area contributed by atoms with E-state index in [1.54, 1.807) is 29.3 Å². The van der Waals surface area contributed by atoms with Gasteiger partial charge in [-0.15, -0.1) is 0 Å². The van der Waals surface area contributed by atoms with Gasteiger partial charge in [-0.3, -0.25) is 33.8 Å². The van der Waals surface area contributed by atoms with E-state index in [4.69, 9.17) is 9.47 Å². The number of likely N-dealkylation sites (tertiary alicyclic amines) is 1. The van der Waals surface area contributed by atoms with Crippen LogP contribution in [0.15, 0.2) is 53.6 Å². The SMILES string of the molecule is CCN(C)S(=O)(=O)Nc1ccc(F)c(Oc2ccc3ncn([C@H]4COC5(CCN(C6CC(c7cc8c(cc7F)c(N7CCC(=O)NC7=O)nn8C)C6)CC5)C4)c(=O)c3c2)c1C#N. The number of benzene rings is 3. The van der Waals surface area contributed by atoms with Crippen molar-refractivity contribution in [1.29, 1.82) is 5.26 Å². The number of anilines is 2. The number of carbonyl (C=O) groups is 2. The van der Waals surface area contributed by atoms with E-state index < -0.39 is 33.4 Å². The molecule has 3 saturated heterocycles. The van der Waals surface area contributed by atoms with E-state index in [2.05, 4.69) is 25.0 Å². The smallest absolute Gasteiger partial charge is 0.329 e. The lowest BCUT2D eigenvalue weighted by molar-refractivity contribution is -0.120. The second-order valence-corrected chi connectivity index (χ2v) is 18.3. The largest absolute Gasteiger partial charge is 0.453 e. The third kappa shape index (κ3) is 7.31. The van der Waals surface area contributed by atoms with Gasteiger partial charge in [0, 0.05) is 58.1 Å². The van der Waals surface area contributed by atoms with Crippen LogP contribution < -0.4 is 25.2 Å². The molecular formula is C42H44F2N10O7S. The Hall–Kier alpha value is -6.01. The normalized spacial score (nSPS) is 21.7. The maximum Gasteiger partial charge on any atom is 0.329 e. The quantitative estimate of drug-likeness (QED) is 0.191. The first-order valence-corrected chi connectivity index (χ1v) is 21.9. The highest BCUT2D eigenvalue weighted by Crippen LogP contribution is 2.46. The molecule has 20 heteroatoms. The van der Waals surface area contributed by atoms with Crippen molar-refractivity contribution in [2.24, 2.45) is 7.05 Å². The molecule has 3 aromatic carbocycles. The topological polar surface area (TPSA) is 197 Å². The molecule has 4 fully saturated rings. The van der Waals surface area contributed by atoms with E-state index in [1.165, 1.54) is 36.5 Å². The van der Waals surface area contributed by atoms with Crippen molar-refractivity contribution < 1.29 is 36.3 Å². The average molecular weight is 871 g/mol. The Morgan fingerprint density at radius 3 is 2.55 bits per heavy atom. The number of nitriles is 1. The Bertz CT molecular complexity index is 2870. The van der Waals surface area contributed by atoms with Gasteiger partial charge in [-0.2, -0.15) is 23.1 Å². The molecule has 1 saturated carbocycles. The molecule has 2 aromatic heterocycles. The molecule has 5 heterocycles. The molecule has 62 heavy (non-hydrogen) atoms. The summed E-state index contributed by atoms with van der Waals surface area (Å²) >= 11 is 0. The van der Waals surface area contributed by atoms with Gasteiger partial charge in [-0.1, -0.05) is 6.92 Å². The summed E-state index contributed by atoms with van der Waals surface area (Å²) in [6.45, 7) is 3.88. The first-order chi connectivity index (χ1) is 29.7. The highest BCUT2D eigenvalue weighted by molar-refractivity contribution is 7.90. The first kappa shape index (κ1) is 41.3. The Labute approximate surface area is 355 Å². The molecule has 2 N–H and O–H groups in total. The number of nitrogens with one attached hydrogen (secondary N) is 2. The highest BCUT2D eigenvalue weighted by atomic mass is 32.2. The summed E-state index contributed by atoms with van der Waals surface area (Å²) in [6, 6.07) is 11.2. The van der Waals surface area contributed by atoms with Gasteiger partial charge in [-0.25, -0.2) is 18.6 Å². The van der Waals surface area contributed by atoms with Crippen molar-refractivity contribution in [2.45, 2.75) is 69.1 Å². The summed E-state index contributed by atoms with van der Waals surface area (Å²) in [5.74, 6) is -1.68. The fourth-order valence-corrected chi connectivity index (χ4v) is 10.1. The molecule has 17 nitrogen and oxygen atoms in total. The maximum atomic E-state index is 15.7. The molecule has 1 spiro atoms. The van der Waals surface area contributed by atoms with Gasteiger partial charge in [0.05, 0.1) is 46.7 Å². The number of aryl methyl sites for hydroxylation is 1. The number of rotatable bonds is 10. The van der Waals surface area contributed by atoms with Crippen LogP contribution in [0.4, 0.5) is 25.1 Å². The lowest BCUT2D eigenvalue weighted by Crippen LogP contribution is -2.51. The van der Waals surface area contributed by atoms with Crippen molar-refractivity contribution in [1.82, 2.24) is 33.9 Å². The van der Waals surface area contributed by atoms with Crippen molar-refractivity contribution in [3.05, 3.63) is 81.9 Å². The van der Waals surface area contributed by atoms with Crippen LogP contribution in [0.3, 0.4) is 0 Å². The van der Waals surface area contributed by atoms with E-state index in [0.717, 1.165) is 55.2 Å². The zero-order chi connectivity index (χ0) is 43.7. The third-order valence-electron chi connectivity index (χ3n) is 12.9. The van der Waals surface area contributed by atoms with Crippen LogP contribution in [0.5, 0.6) is 11.5 Å². The first-order valence-electron chi connectivity index (χ1n) is 20.5. The molecule has 3 amide bonds. The van der Waals surface area contributed by atoms with Crippen molar-refractivity contribution in [2.75, 3.05) is 49.5 Å². The van der Waals surface area contributed by atoms with E-state index >= 15 is 8.78 Å². The molecule has 9 rings (SSSR count). The lowest BCUT2D eigenvalue weighted by Gasteiger charge is -2.48. The van der Waals surface area contributed by atoms with Crippen LogP contribution >= 0.6 is 0 Å². The number of fused-ring (bicyclic) bond motifs is 2. The van der Waals surface area contributed by atoms with Gasteiger partial charge < -0.3 is 14.4 Å².